The molecule has 2 unspecified atom stereocenters. The smallest absolute Gasteiger partial charge is 0.369 e. The number of hydrogen-bond donors (Lipinski definition) is 1. The molecule has 2 aliphatic heterocycles. The zero-order valence-corrected chi connectivity index (χ0v) is 22.1. The Morgan fingerprint density at radius 2 is 1.50 bits per heavy atom. The molecule has 2 saturated heterocycles. The Bertz CT molecular complexity index is 1290. The minimum atomic E-state index is -6.00. The summed E-state index contributed by atoms with van der Waals surface area (Å²) in [4.78, 5) is 2.19. The number of aryl methyl sites for hydroxylation is 1. The highest BCUT2D eigenvalue weighted by Gasteiger charge is 2.71. The number of sulfonamides is 1. The summed E-state index contributed by atoms with van der Waals surface area (Å²) in [5.41, 5.74) is -3.95. The summed E-state index contributed by atoms with van der Waals surface area (Å²) in [5, 5.41) is 9.33. The first-order chi connectivity index (χ1) is 17.5. The maximum absolute atomic E-state index is 13.3. The molecule has 1 N–H and O–H groups in total. The van der Waals surface area contributed by atoms with E-state index in [1.807, 2.05) is 19.1 Å². The van der Waals surface area contributed by atoms with Crippen LogP contribution in [0.15, 0.2) is 36.4 Å². The summed E-state index contributed by atoms with van der Waals surface area (Å²) in [7, 11) is -3.28. The van der Waals surface area contributed by atoms with Crippen molar-refractivity contribution in [1.29, 1.82) is 0 Å². The van der Waals surface area contributed by atoms with Crippen LogP contribution < -0.4 is 0 Å². The Balaban J connectivity index is 1.59. The molecule has 0 aromatic heterocycles. The molecule has 38 heavy (non-hydrogen) atoms. The van der Waals surface area contributed by atoms with E-state index in [1.165, 1.54) is 6.26 Å². The fourth-order valence-corrected chi connectivity index (χ4v) is 7.34. The molecule has 2 heterocycles. The molecule has 13 heteroatoms. The van der Waals surface area contributed by atoms with E-state index in [9.17, 15) is 39.9 Å². The molecule has 0 saturated carbocycles. The first-order valence-corrected chi connectivity index (χ1v) is 14.2. The van der Waals surface area contributed by atoms with E-state index < -0.39 is 33.5 Å². The molecular formula is C25H27ClF6N2O3S. The van der Waals surface area contributed by atoms with Crippen LogP contribution in [0, 0.1) is 0 Å². The van der Waals surface area contributed by atoms with Crippen LogP contribution in [0.25, 0.3) is 11.1 Å². The van der Waals surface area contributed by atoms with Gasteiger partial charge in [-0.1, -0.05) is 48.9 Å². The summed E-state index contributed by atoms with van der Waals surface area (Å²) in [6, 6.07) is 7.44. The third-order valence-corrected chi connectivity index (χ3v) is 9.00. The molecule has 210 valence electrons. The lowest BCUT2D eigenvalue weighted by molar-refractivity contribution is -0.376. The van der Waals surface area contributed by atoms with Crippen LogP contribution in [-0.4, -0.2) is 66.5 Å². The number of rotatable bonds is 6. The van der Waals surface area contributed by atoms with E-state index in [1.54, 1.807) is 10.4 Å². The maximum atomic E-state index is 13.3. The van der Waals surface area contributed by atoms with E-state index in [4.69, 9.17) is 11.6 Å². The van der Waals surface area contributed by atoms with Gasteiger partial charge in [0, 0.05) is 47.9 Å². The molecule has 2 aromatic carbocycles. The predicted molar refractivity (Wildman–Crippen MR) is 131 cm³/mol. The topological polar surface area (TPSA) is 60.9 Å². The van der Waals surface area contributed by atoms with E-state index in [2.05, 4.69) is 4.90 Å². The van der Waals surface area contributed by atoms with Crippen LogP contribution in [0.1, 0.15) is 36.5 Å². The molecule has 2 fully saturated rings. The molecule has 2 atom stereocenters. The van der Waals surface area contributed by atoms with Gasteiger partial charge in [0.05, 0.1) is 6.26 Å². The number of likely N-dealkylation sites (tertiary alicyclic amines) is 1. The van der Waals surface area contributed by atoms with Crippen molar-refractivity contribution in [2.45, 2.75) is 62.8 Å². The minimum Gasteiger partial charge on any atom is -0.369 e. The molecule has 4 rings (SSSR count). The summed E-state index contributed by atoms with van der Waals surface area (Å²) in [5.74, 6) is 0. The van der Waals surface area contributed by atoms with Gasteiger partial charge in [0.15, 0.2) is 0 Å². The average molecular weight is 585 g/mol. The molecule has 5 nitrogen and oxygen atoms in total. The van der Waals surface area contributed by atoms with E-state index >= 15 is 0 Å². The van der Waals surface area contributed by atoms with Gasteiger partial charge in [-0.25, -0.2) is 8.42 Å². The lowest BCUT2D eigenvalue weighted by atomic mass is 9.89. The van der Waals surface area contributed by atoms with Crippen molar-refractivity contribution in [1.82, 2.24) is 9.21 Å². The number of alkyl halides is 6. The summed E-state index contributed by atoms with van der Waals surface area (Å²) in [6.45, 7) is 3.62. The van der Waals surface area contributed by atoms with Gasteiger partial charge in [-0.3, -0.25) is 4.90 Å². The molecule has 0 spiro atoms. The quantitative estimate of drug-likeness (QED) is 0.456. The fraction of sp³-hybridized carbons (Fsp3) is 0.520. The molecule has 0 amide bonds. The normalized spacial score (nSPS) is 21.7. The Kier molecular flexibility index (Phi) is 7.63. The lowest BCUT2D eigenvalue weighted by Gasteiger charge is -2.39. The number of piperazine rings is 1. The van der Waals surface area contributed by atoms with Crippen LogP contribution in [0.4, 0.5) is 26.3 Å². The van der Waals surface area contributed by atoms with Crippen molar-refractivity contribution in [3.05, 3.63) is 58.1 Å². The van der Waals surface area contributed by atoms with Gasteiger partial charge in [-0.15, -0.1) is 0 Å². The van der Waals surface area contributed by atoms with E-state index in [0.29, 0.717) is 43.8 Å². The summed E-state index contributed by atoms with van der Waals surface area (Å²) < 4.78 is 106. The van der Waals surface area contributed by atoms with Crippen LogP contribution in [0.2, 0.25) is 5.02 Å². The highest BCUT2D eigenvalue weighted by Crippen LogP contribution is 2.51. The highest BCUT2D eigenvalue weighted by molar-refractivity contribution is 7.88. The molecule has 2 bridgehead atoms. The van der Waals surface area contributed by atoms with Gasteiger partial charge in [-0.2, -0.15) is 30.6 Å². The van der Waals surface area contributed by atoms with Crippen molar-refractivity contribution in [2.75, 3.05) is 19.3 Å². The molecular weight excluding hydrogens is 558 g/mol. The predicted octanol–water partition coefficient (Wildman–Crippen LogP) is 5.49. The number of hydrogen-bond acceptors (Lipinski definition) is 4. The first-order valence-electron chi connectivity index (χ1n) is 12.0. The largest absolute Gasteiger partial charge is 0.430 e. The van der Waals surface area contributed by atoms with Crippen molar-refractivity contribution >= 4 is 21.6 Å². The lowest BCUT2D eigenvalue weighted by Crippen LogP contribution is -2.54. The van der Waals surface area contributed by atoms with Crippen LogP contribution in [0.5, 0.6) is 0 Å². The third kappa shape index (κ3) is 5.17. The molecule has 2 aromatic rings. The first kappa shape index (κ1) is 29.1. The van der Waals surface area contributed by atoms with Crippen molar-refractivity contribution in [3.63, 3.8) is 0 Å². The van der Waals surface area contributed by atoms with Gasteiger partial charge < -0.3 is 5.11 Å². The number of benzene rings is 2. The number of halogens is 7. The second-order valence-corrected chi connectivity index (χ2v) is 12.2. The van der Waals surface area contributed by atoms with Crippen molar-refractivity contribution in [3.8, 4) is 11.1 Å². The molecule has 2 aliphatic rings. The maximum Gasteiger partial charge on any atom is 0.430 e. The monoisotopic (exact) mass is 584 g/mol. The molecule has 0 aliphatic carbocycles. The highest BCUT2D eigenvalue weighted by atomic mass is 35.5. The SMILES string of the molecule is CCc1cc(CN2CC3CCC(C2)N3S(C)(=O)=O)ccc1-c1ccc(C(O)(C(F)(F)F)C(F)(F)F)cc1Cl. The van der Waals surface area contributed by atoms with Crippen LogP contribution in [0.3, 0.4) is 0 Å². The van der Waals surface area contributed by atoms with Crippen LogP contribution in [-0.2, 0) is 28.6 Å². The van der Waals surface area contributed by atoms with Crippen LogP contribution >= 0.6 is 11.6 Å². The molecule has 0 radical (unpaired) electrons. The Morgan fingerprint density at radius 1 is 0.947 bits per heavy atom. The third-order valence-electron chi connectivity index (χ3n) is 7.33. The summed E-state index contributed by atoms with van der Waals surface area (Å²) >= 11 is 6.18. The zero-order chi connectivity index (χ0) is 28.3. The minimum absolute atomic E-state index is 0.0713. The van der Waals surface area contributed by atoms with Gasteiger partial charge in [-0.05, 0) is 42.0 Å². The van der Waals surface area contributed by atoms with E-state index in [-0.39, 0.29) is 22.7 Å². The second-order valence-electron chi connectivity index (χ2n) is 9.92. The summed E-state index contributed by atoms with van der Waals surface area (Å²) in [6.07, 6.45) is -8.65. The Hall–Kier alpha value is -1.86. The number of nitrogens with zero attached hydrogens (tertiary/aromatic N) is 2. The Labute approximate surface area is 222 Å². The van der Waals surface area contributed by atoms with Gasteiger partial charge in [0.2, 0.25) is 10.0 Å². The van der Waals surface area contributed by atoms with Gasteiger partial charge >= 0.3 is 12.4 Å². The number of fused-ring (bicyclic) bond motifs is 2. The van der Waals surface area contributed by atoms with Crippen molar-refractivity contribution < 1.29 is 39.9 Å². The standard InChI is InChI=1S/C25H27ClF6N2O3S/c1-3-16-10-15(12-33-13-18-6-7-19(14-33)34(18)38(2,36)37)4-8-20(16)21-9-5-17(11-22(21)26)23(35,24(27,28)29)25(30,31)32/h4-5,8-11,18-19,35H,3,6-7,12-14H2,1-2H3. The zero-order valence-electron chi connectivity index (χ0n) is 20.6. The Morgan fingerprint density at radius 3 is 1.97 bits per heavy atom. The van der Waals surface area contributed by atoms with Crippen molar-refractivity contribution in [2.24, 2.45) is 0 Å². The van der Waals surface area contributed by atoms with Gasteiger partial charge in [0.25, 0.3) is 5.60 Å². The van der Waals surface area contributed by atoms with E-state index in [0.717, 1.165) is 30.0 Å². The fourth-order valence-electron chi connectivity index (χ4n) is 5.63. The average Bonchev–Trinajstić information content (AvgIpc) is 3.09. The number of aliphatic hydroxyl groups is 1. The van der Waals surface area contributed by atoms with Gasteiger partial charge in [0.1, 0.15) is 0 Å². The second kappa shape index (κ2) is 9.96.